The van der Waals surface area contributed by atoms with Gasteiger partial charge in [0.2, 0.25) is 0 Å². The summed E-state index contributed by atoms with van der Waals surface area (Å²) in [4.78, 5) is -0.0365. The smallest absolute Gasteiger partial charge is 0.316 e. The summed E-state index contributed by atoms with van der Waals surface area (Å²) in [6.45, 7) is 0. The van der Waals surface area contributed by atoms with Gasteiger partial charge in [-0.3, -0.25) is 0 Å². The van der Waals surface area contributed by atoms with Crippen LogP contribution in [0.4, 0.5) is 13.2 Å². The molecule has 98 valence electrons. The Kier molecular flexibility index (Phi) is 5.00. The van der Waals surface area contributed by atoms with Gasteiger partial charge in [0.1, 0.15) is 6.04 Å². The molecular formula is C9H11ClF3NO2S. The molecule has 0 fully saturated rings. The van der Waals surface area contributed by atoms with Crippen molar-refractivity contribution in [1.29, 1.82) is 0 Å². The summed E-state index contributed by atoms with van der Waals surface area (Å²) in [6, 6.07) is 2.25. The molecular weight excluding hydrogens is 279 g/mol. The van der Waals surface area contributed by atoms with E-state index in [-0.39, 0.29) is 22.9 Å². The molecule has 0 bridgehead atoms. The third-order valence-electron chi connectivity index (χ3n) is 2.02. The van der Waals surface area contributed by atoms with Crippen LogP contribution < -0.4 is 5.73 Å². The lowest BCUT2D eigenvalue weighted by Gasteiger charge is -2.15. The van der Waals surface area contributed by atoms with Crippen molar-refractivity contribution in [2.45, 2.75) is 17.1 Å². The van der Waals surface area contributed by atoms with Gasteiger partial charge in [-0.25, -0.2) is 8.42 Å². The largest absolute Gasteiger partial charge is 0.407 e. The molecule has 0 aromatic heterocycles. The second-order valence-corrected chi connectivity index (χ2v) is 5.38. The third-order valence-corrected chi connectivity index (χ3v) is 3.15. The SMILES string of the molecule is CS(=O)(=O)c1ccc([C@@H](N)C(F)(F)F)cc1.Cl. The van der Waals surface area contributed by atoms with Crippen molar-refractivity contribution in [3.8, 4) is 0 Å². The number of alkyl halides is 3. The van der Waals surface area contributed by atoms with Gasteiger partial charge in [-0.15, -0.1) is 12.4 Å². The topological polar surface area (TPSA) is 60.2 Å². The standard InChI is InChI=1S/C9H10F3NO2S.ClH/c1-16(14,15)7-4-2-6(3-5-7)8(13)9(10,11)12;/h2-5,8H,13H2,1H3;1H/t8-;/m1./s1. The fourth-order valence-electron chi connectivity index (χ4n) is 1.11. The number of hydrogen-bond acceptors (Lipinski definition) is 3. The van der Waals surface area contributed by atoms with Crippen molar-refractivity contribution in [3.05, 3.63) is 29.8 Å². The molecule has 1 atom stereocenters. The molecule has 3 nitrogen and oxygen atoms in total. The molecule has 1 aromatic rings. The summed E-state index contributed by atoms with van der Waals surface area (Å²) in [6.07, 6.45) is -3.56. The average Bonchev–Trinajstić information content (AvgIpc) is 2.14. The lowest BCUT2D eigenvalue weighted by molar-refractivity contribution is -0.149. The molecule has 0 spiro atoms. The molecule has 1 aromatic carbocycles. The summed E-state index contributed by atoms with van der Waals surface area (Å²) in [5, 5.41) is 0. The van der Waals surface area contributed by atoms with Crippen LogP contribution in [0.15, 0.2) is 29.2 Å². The Bertz CT molecular complexity index is 470. The fraction of sp³-hybridized carbons (Fsp3) is 0.333. The van der Waals surface area contributed by atoms with Crippen molar-refractivity contribution in [2.75, 3.05) is 6.26 Å². The van der Waals surface area contributed by atoms with Crippen molar-refractivity contribution in [1.82, 2.24) is 0 Å². The van der Waals surface area contributed by atoms with Gasteiger partial charge in [0.25, 0.3) is 0 Å². The van der Waals surface area contributed by atoms with Gasteiger partial charge in [0, 0.05) is 6.26 Å². The lowest BCUT2D eigenvalue weighted by Crippen LogP contribution is -2.28. The highest BCUT2D eigenvalue weighted by Crippen LogP contribution is 2.30. The van der Waals surface area contributed by atoms with Crippen molar-refractivity contribution < 1.29 is 21.6 Å². The molecule has 2 N–H and O–H groups in total. The summed E-state index contributed by atoms with van der Waals surface area (Å²) in [7, 11) is -3.40. The van der Waals surface area contributed by atoms with Crippen LogP contribution >= 0.6 is 12.4 Å². The van der Waals surface area contributed by atoms with Crippen LogP contribution in [0.1, 0.15) is 11.6 Å². The molecule has 0 amide bonds. The monoisotopic (exact) mass is 289 g/mol. The van der Waals surface area contributed by atoms with Crippen LogP contribution in [0, 0.1) is 0 Å². The van der Waals surface area contributed by atoms with E-state index in [1.807, 2.05) is 0 Å². The van der Waals surface area contributed by atoms with Crippen molar-refractivity contribution in [2.24, 2.45) is 5.73 Å². The van der Waals surface area contributed by atoms with Crippen LogP contribution in [0.5, 0.6) is 0 Å². The molecule has 0 aliphatic heterocycles. The minimum atomic E-state index is -4.54. The minimum absolute atomic E-state index is 0. The Labute approximate surface area is 103 Å². The van der Waals surface area contributed by atoms with E-state index in [0.717, 1.165) is 30.5 Å². The normalized spacial score (nSPS) is 13.9. The molecule has 0 saturated carbocycles. The first-order valence-corrected chi connectivity index (χ1v) is 6.14. The van der Waals surface area contributed by atoms with Crippen LogP contribution in [0.25, 0.3) is 0 Å². The fourth-order valence-corrected chi connectivity index (χ4v) is 1.74. The van der Waals surface area contributed by atoms with E-state index in [4.69, 9.17) is 5.73 Å². The van der Waals surface area contributed by atoms with E-state index in [1.54, 1.807) is 0 Å². The third kappa shape index (κ3) is 4.18. The van der Waals surface area contributed by atoms with Gasteiger partial charge in [0.05, 0.1) is 4.90 Å². The number of hydrogen-bond donors (Lipinski definition) is 1. The van der Waals surface area contributed by atoms with Gasteiger partial charge in [-0.05, 0) is 17.7 Å². The Hall–Kier alpha value is -0.790. The summed E-state index contributed by atoms with van der Waals surface area (Å²) >= 11 is 0. The van der Waals surface area contributed by atoms with E-state index in [1.165, 1.54) is 0 Å². The van der Waals surface area contributed by atoms with Crippen LogP contribution in [0.3, 0.4) is 0 Å². The van der Waals surface area contributed by atoms with E-state index >= 15 is 0 Å². The second kappa shape index (κ2) is 5.24. The van der Waals surface area contributed by atoms with Crippen molar-refractivity contribution in [3.63, 3.8) is 0 Å². The highest BCUT2D eigenvalue weighted by molar-refractivity contribution is 7.90. The first-order valence-electron chi connectivity index (χ1n) is 4.24. The maximum atomic E-state index is 12.2. The van der Waals surface area contributed by atoms with Gasteiger partial charge >= 0.3 is 6.18 Å². The summed E-state index contributed by atoms with van der Waals surface area (Å²) in [5.41, 5.74) is 4.79. The van der Waals surface area contributed by atoms with E-state index in [0.29, 0.717) is 0 Å². The Balaban J connectivity index is 0.00000256. The second-order valence-electron chi connectivity index (χ2n) is 3.36. The molecule has 8 heteroatoms. The zero-order chi connectivity index (χ0) is 12.6. The molecule has 0 unspecified atom stereocenters. The van der Waals surface area contributed by atoms with Crippen LogP contribution in [-0.4, -0.2) is 20.8 Å². The average molecular weight is 290 g/mol. The molecule has 0 radical (unpaired) electrons. The van der Waals surface area contributed by atoms with E-state index in [9.17, 15) is 21.6 Å². The highest BCUT2D eigenvalue weighted by Gasteiger charge is 2.37. The Morgan fingerprint density at radius 3 is 1.88 bits per heavy atom. The summed E-state index contributed by atoms with van der Waals surface area (Å²) < 4.78 is 58.8. The zero-order valence-electron chi connectivity index (χ0n) is 8.73. The number of nitrogens with two attached hydrogens (primary N) is 1. The first kappa shape index (κ1) is 16.2. The molecule has 0 aliphatic rings. The van der Waals surface area contributed by atoms with Crippen LogP contribution in [0.2, 0.25) is 0 Å². The van der Waals surface area contributed by atoms with Gasteiger partial charge in [0.15, 0.2) is 9.84 Å². The quantitative estimate of drug-likeness (QED) is 0.907. The first-order chi connectivity index (χ1) is 7.12. The Morgan fingerprint density at radius 2 is 1.59 bits per heavy atom. The van der Waals surface area contributed by atoms with Gasteiger partial charge < -0.3 is 5.73 Å². The predicted molar refractivity (Wildman–Crippen MR) is 59.8 cm³/mol. The molecule has 17 heavy (non-hydrogen) atoms. The number of benzene rings is 1. The number of halogens is 4. The zero-order valence-corrected chi connectivity index (χ0v) is 10.4. The lowest BCUT2D eigenvalue weighted by atomic mass is 10.1. The van der Waals surface area contributed by atoms with Crippen molar-refractivity contribution >= 4 is 22.2 Å². The molecule has 0 heterocycles. The molecule has 0 aliphatic carbocycles. The molecule has 0 saturated heterocycles. The summed E-state index contributed by atoms with van der Waals surface area (Å²) in [5.74, 6) is 0. The van der Waals surface area contributed by atoms with E-state index < -0.39 is 22.1 Å². The van der Waals surface area contributed by atoms with Gasteiger partial charge in [-0.2, -0.15) is 13.2 Å². The molecule has 1 rings (SSSR count). The predicted octanol–water partition coefficient (Wildman–Crippen LogP) is 2.07. The maximum absolute atomic E-state index is 12.2. The Morgan fingerprint density at radius 1 is 1.18 bits per heavy atom. The minimum Gasteiger partial charge on any atom is -0.316 e. The highest BCUT2D eigenvalue weighted by atomic mass is 35.5. The van der Waals surface area contributed by atoms with Crippen LogP contribution in [-0.2, 0) is 9.84 Å². The number of sulfone groups is 1. The maximum Gasteiger partial charge on any atom is 0.407 e. The number of rotatable bonds is 2. The van der Waals surface area contributed by atoms with E-state index in [2.05, 4.69) is 0 Å². The van der Waals surface area contributed by atoms with Gasteiger partial charge in [-0.1, -0.05) is 12.1 Å².